The number of benzene rings is 3. The number of para-hydroxylation sites is 1. The predicted octanol–water partition coefficient (Wildman–Crippen LogP) is 5.57. The number of ether oxygens (including phenoxy) is 4. The van der Waals surface area contributed by atoms with Crippen LogP contribution in [-0.2, 0) is 11.3 Å². The first-order valence-electron chi connectivity index (χ1n) is 11.1. The Morgan fingerprint density at radius 3 is 2.60 bits per heavy atom. The van der Waals surface area contributed by atoms with Gasteiger partial charge in [-0.1, -0.05) is 24.3 Å². The fourth-order valence-electron chi connectivity index (χ4n) is 4.17. The molecule has 2 heterocycles. The summed E-state index contributed by atoms with van der Waals surface area (Å²) in [5, 5.41) is 3.83. The van der Waals surface area contributed by atoms with E-state index in [4.69, 9.17) is 23.4 Å². The third-order valence-electron chi connectivity index (χ3n) is 5.97. The highest BCUT2D eigenvalue weighted by molar-refractivity contribution is 6.01. The number of hydrogen-bond acceptors (Lipinski definition) is 6. The molecular formula is C28H25NO6. The van der Waals surface area contributed by atoms with Gasteiger partial charge in [0.05, 0.1) is 20.5 Å². The molecule has 0 unspecified atom stereocenters. The number of allylic oxidation sites excluding steroid dienone is 1. The Kier molecular flexibility index (Phi) is 6.06. The van der Waals surface area contributed by atoms with E-state index in [1.54, 1.807) is 26.6 Å². The van der Waals surface area contributed by atoms with Crippen LogP contribution in [0.1, 0.15) is 18.1 Å². The molecule has 0 spiro atoms. The molecule has 1 aliphatic rings. The molecule has 178 valence electrons. The molecule has 1 N–H and O–H groups in total. The van der Waals surface area contributed by atoms with E-state index in [2.05, 4.69) is 5.32 Å². The fraction of sp³-hybridized carbons (Fsp3) is 0.179. The van der Waals surface area contributed by atoms with Crippen LogP contribution in [0.2, 0.25) is 0 Å². The van der Waals surface area contributed by atoms with Gasteiger partial charge in [-0.05, 0) is 42.3 Å². The molecule has 1 amide bonds. The first-order chi connectivity index (χ1) is 17.1. The largest absolute Gasteiger partial charge is 0.496 e. The Hall–Kier alpha value is -4.39. The number of carbonyl (C=O) groups is 1. The quantitative estimate of drug-likeness (QED) is 0.355. The lowest BCUT2D eigenvalue weighted by molar-refractivity contribution is -0.116. The average molecular weight is 472 g/mol. The van der Waals surface area contributed by atoms with Crippen LogP contribution in [0.3, 0.4) is 0 Å². The molecule has 0 atom stereocenters. The van der Waals surface area contributed by atoms with Gasteiger partial charge >= 0.3 is 0 Å². The second-order valence-electron chi connectivity index (χ2n) is 8.13. The third kappa shape index (κ3) is 4.40. The van der Waals surface area contributed by atoms with Crippen molar-refractivity contribution in [2.45, 2.75) is 13.5 Å². The van der Waals surface area contributed by atoms with Crippen molar-refractivity contribution in [3.05, 3.63) is 78.1 Å². The first-order valence-corrected chi connectivity index (χ1v) is 11.1. The number of hydrogen-bond donors (Lipinski definition) is 1. The van der Waals surface area contributed by atoms with E-state index < -0.39 is 0 Å². The van der Waals surface area contributed by atoms with Gasteiger partial charge in [-0.3, -0.25) is 4.79 Å². The molecule has 7 nitrogen and oxygen atoms in total. The topological polar surface area (TPSA) is 79.2 Å². The minimum Gasteiger partial charge on any atom is -0.496 e. The Morgan fingerprint density at radius 1 is 0.971 bits per heavy atom. The van der Waals surface area contributed by atoms with E-state index in [9.17, 15) is 4.79 Å². The summed E-state index contributed by atoms with van der Waals surface area (Å²) < 4.78 is 27.7. The third-order valence-corrected chi connectivity index (χ3v) is 5.97. The molecule has 7 heteroatoms. The standard InChI is InChI=1S/C28H25NO6/c1-17(10-28(30)29-14-18-8-9-24-27(11-18)35-16-34-24)20-12-21-22(15-33-26(21)13-25(20)32-3)19-6-4-5-7-23(19)31-2/h4-13,15H,14,16H2,1-3H3,(H,29,30)/b17-10+. The number of carbonyl (C=O) groups excluding carboxylic acids is 1. The molecular weight excluding hydrogens is 446 g/mol. The van der Waals surface area contributed by atoms with Crippen LogP contribution < -0.4 is 24.3 Å². The predicted molar refractivity (Wildman–Crippen MR) is 133 cm³/mol. The summed E-state index contributed by atoms with van der Waals surface area (Å²) >= 11 is 0. The Morgan fingerprint density at radius 2 is 1.77 bits per heavy atom. The number of furan rings is 1. The lowest BCUT2D eigenvalue weighted by Crippen LogP contribution is -2.20. The van der Waals surface area contributed by atoms with Crippen molar-refractivity contribution in [3.63, 3.8) is 0 Å². The van der Waals surface area contributed by atoms with Crippen LogP contribution in [0.4, 0.5) is 0 Å². The van der Waals surface area contributed by atoms with Gasteiger partial charge in [0.1, 0.15) is 17.1 Å². The zero-order valence-electron chi connectivity index (χ0n) is 19.7. The Balaban J connectivity index is 1.42. The highest BCUT2D eigenvalue weighted by Crippen LogP contribution is 2.40. The van der Waals surface area contributed by atoms with E-state index in [1.165, 1.54) is 0 Å². The van der Waals surface area contributed by atoms with Crippen LogP contribution in [0.15, 0.2) is 71.4 Å². The summed E-state index contributed by atoms with van der Waals surface area (Å²) in [6.07, 6.45) is 3.28. The molecule has 35 heavy (non-hydrogen) atoms. The van der Waals surface area contributed by atoms with Crippen LogP contribution in [-0.4, -0.2) is 26.9 Å². The summed E-state index contributed by atoms with van der Waals surface area (Å²) in [5.74, 6) is 2.57. The normalized spacial score (nSPS) is 12.6. The maximum atomic E-state index is 12.7. The minimum absolute atomic E-state index is 0.209. The number of rotatable bonds is 7. The fourth-order valence-corrected chi connectivity index (χ4v) is 4.17. The maximum absolute atomic E-state index is 12.7. The monoisotopic (exact) mass is 471 g/mol. The Bertz CT molecular complexity index is 1430. The molecule has 1 aromatic heterocycles. The number of amides is 1. The van der Waals surface area contributed by atoms with E-state index in [0.29, 0.717) is 29.4 Å². The zero-order chi connectivity index (χ0) is 24.4. The van der Waals surface area contributed by atoms with Crippen molar-refractivity contribution in [2.75, 3.05) is 21.0 Å². The lowest BCUT2D eigenvalue weighted by atomic mass is 9.98. The molecule has 0 radical (unpaired) electrons. The van der Waals surface area contributed by atoms with Crippen molar-refractivity contribution in [2.24, 2.45) is 0 Å². The molecule has 3 aromatic carbocycles. The van der Waals surface area contributed by atoms with Crippen LogP contribution in [0.25, 0.3) is 27.7 Å². The van der Waals surface area contributed by atoms with Crippen molar-refractivity contribution in [1.29, 1.82) is 0 Å². The smallest absolute Gasteiger partial charge is 0.244 e. The Labute approximate surface area is 202 Å². The number of methoxy groups -OCH3 is 2. The van der Waals surface area contributed by atoms with Gasteiger partial charge in [0.2, 0.25) is 12.7 Å². The summed E-state index contributed by atoms with van der Waals surface area (Å²) in [7, 11) is 3.24. The molecule has 0 bridgehead atoms. The SMILES string of the molecule is COc1cc2occ(-c3ccccc3OC)c2cc1/C(C)=C/C(=O)NCc1ccc2c(c1)OCO2. The van der Waals surface area contributed by atoms with Crippen molar-refractivity contribution in [3.8, 4) is 34.1 Å². The molecule has 0 fully saturated rings. The molecule has 0 saturated carbocycles. The minimum atomic E-state index is -0.209. The average Bonchev–Trinajstić information content (AvgIpc) is 3.52. The van der Waals surface area contributed by atoms with Crippen molar-refractivity contribution >= 4 is 22.4 Å². The second-order valence-corrected chi connectivity index (χ2v) is 8.13. The number of fused-ring (bicyclic) bond motifs is 2. The van der Waals surface area contributed by atoms with Crippen molar-refractivity contribution in [1.82, 2.24) is 5.32 Å². The zero-order valence-corrected chi connectivity index (χ0v) is 19.7. The molecule has 1 aliphatic heterocycles. The summed E-state index contributed by atoms with van der Waals surface area (Å²) in [5.41, 5.74) is 5.00. The highest BCUT2D eigenvalue weighted by Gasteiger charge is 2.17. The van der Waals surface area contributed by atoms with Gasteiger partial charge in [-0.25, -0.2) is 0 Å². The van der Waals surface area contributed by atoms with Gasteiger partial charge in [0.25, 0.3) is 0 Å². The van der Waals surface area contributed by atoms with E-state index >= 15 is 0 Å². The maximum Gasteiger partial charge on any atom is 0.244 e. The second kappa shape index (κ2) is 9.46. The van der Waals surface area contributed by atoms with Gasteiger partial charge in [-0.2, -0.15) is 0 Å². The van der Waals surface area contributed by atoms with Gasteiger partial charge < -0.3 is 28.7 Å². The summed E-state index contributed by atoms with van der Waals surface area (Å²) in [4.78, 5) is 12.7. The van der Waals surface area contributed by atoms with Crippen molar-refractivity contribution < 1.29 is 28.2 Å². The van der Waals surface area contributed by atoms with Gasteiger partial charge in [-0.15, -0.1) is 0 Å². The first kappa shape index (κ1) is 22.4. The summed E-state index contributed by atoms with van der Waals surface area (Å²) in [6.45, 7) is 2.47. The van der Waals surface area contributed by atoms with Crippen LogP contribution in [0.5, 0.6) is 23.0 Å². The highest BCUT2D eigenvalue weighted by atomic mass is 16.7. The molecule has 0 aliphatic carbocycles. The molecule has 0 saturated heterocycles. The number of nitrogens with one attached hydrogen (secondary N) is 1. The van der Waals surface area contributed by atoms with E-state index in [0.717, 1.165) is 39.0 Å². The van der Waals surface area contributed by atoms with Gasteiger partial charge in [0, 0.05) is 40.8 Å². The van der Waals surface area contributed by atoms with E-state index in [1.807, 2.05) is 61.5 Å². The van der Waals surface area contributed by atoms with Crippen LogP contribution in [0, 0.1) is 0 Å². The molecule has 4 aromatic rings. The van der Waals surface area contributed by atoms with Crippen LogP contribution >= 0.6 is 0 Å². The summed E-state index contributed by atoms with van der Waals surface area (Å²) in [6, 6.07) is 17.2. The molecule has 5 rings (SSSR count). The van der Waals surface area contributed by atoms with E-state index in [-0.39, 0.29) is 12.7 Å². The van der Waals surface area contributed by atoms with Gasteiger partial charge in [0.15, 0.2) is 11.5 Å². The lowest BCUT2D eigenvalue weighted by Gasteiger charge is -2.11.